The topological polar surface area (TPSA) is 102 Å². The molecule has 8 heteroatoms. The van der Waals surface area contributed by atoms with Crippen LogP contribution in [0, 0.1) is 0 Å². The van der Waals surface area contributed by atoms with Crippen molar-refractivity contribution in [3.63, 3.8) is 0 Å². The summed E-state index contributed by atoms with van der Waals surface area (Å²) >= 11 is 0. The number of benzene rings is 2. The normalized spacial score (nSPS) is 15.4. The standard InChI is InChI=1S/C19H20N2O5S/c1-19(2)11-16(22)15-10-14(8-9-17(15)26-19)20-18(23)12-4-6-13(7-5-12)21-27(3,24)25/h4-10,21H,11H2,1-3H3,(H,20,23). The highest BCUT2D eigenvalue weighted by Crippen LogP contribution is 2.34. The quantitative estimate of drug-likeness (QED) is 0.838. The summed E-state index contributed by atoms with van der Waals surface area (Å²) in [5, 5.41) is 2.73. The number of fused-ring (bicyclic) bond motifs is 1. The lowest BCUT2D eigenvalue weighted by molar-refractivity contribution is 0.0620. The molecule has 0 unspecified atom stereocenters. The molecular weight excluding hydrogens is 368 g/mol. The minimum absolute atomic E-state index is 0.0337. The number of amides is 1. The van der Waals surface area contributed by atoms with Gasteiger partial charge in [-0.15, -0.1) is 0 Å². The van der Waals surface area contributed by atoms with E-state index in [9.17, 15) is 18.0 Å². The summed E-state index contributed by atoms with van der Waals surface area (Å²) < 4.78 is 30.6. The average Bonchev–Trinajstić information content (AvgIpc) is 2.53. The highest BCUT2D eigenvalue weighted by molar-refractivity contribution is 7.92. The molecule has 0 saturated carbocycles. The Labute approximate surface area is 157 Å². The smallest absolute Gasteiger partial charge is 0.255 e. The molecule has 2 aromatic carbocycles. The molecule has 1 heterocycles. The Balaban J connectivity index is 1.75. The molecule has 2 N–H and O–H groups in total. The van der Waals surface area contributed by atoms with Gasteiger partial charge in [0.05, 0.1) is 18.2 Å². The highest BCUT2D eigenvalue weighted by atomic mass is 32.2. The van der Waals surface area contributed by atoms with Crippen molar-refractivity contribution in [1.29, 1.82) is 0 Å². The maximum Gasteiger partial charge on any atom is 0.255 e. The summed E-state index contributed by atoms with van der Waals surface area (Å²) in [4.78, 5) is 24.7. The molecule has 0 spiro atoms. The summed E-state index contributed by atoms with van der Waals surface area (Å²) in [6.45, 7) is 3.71. The second-order valence-electron chi connectivity index (χ2n) is 7.08. The van der Waals surface area contributed by atoms with E-state index in [1.165, 1.54) is 24.3 Å². The minimum Gasteiger partial charge on any atom is -0.487 e. The zero-order chi connectivity index (χ0) is 19.8. The first kappa shape index (κ1) is 18.9. The molecule has 0 atom stereocenters. The van der Waals surface area contributed by atoms with Crippen LogP contribution < -0.4 is 14.8 Å². The van der Waals surface area contributed by atoms with E-state index in [-0.39, 0.29) is 18.1 Å². The Morgan fingerprint density at radius 1 is 1.07 bits per heavy atom. The maximum atomic E-state index is 12.4. The van der Waals surface area contributed by atoms with E-state index < -0.39 is 15.6 Å². The van der Waals surface area contributed by atoms with Gasteiger partial charge in [-0.1, -0.05) is 0 Å². The molecular formula is C19H20N2O5S. The van der Waals surface area contributed by atoms with Gasteiger partial charge in [-0.25, -0.2) is 8.42 Å². The Bertz CT molecular complexity index is 1010. The van der Waals surface area contributed by atoms with Crippen LogP contribution in [0.25, 0.3) is 0 Å². The van der Waals surface area contributed by atoms with Crippen LogP contribution >= 0.6 is 0 Å². The lowest BCUT2D eigenvalue weighted by atomic mass is 9.93. The SMILES string of the molecule is CC1(C)CC(=O)c2cc(NC(=O)c3ccc(NS(C)(=O)=O)cc3)ccc2O1. The number of ether oxygens (including phenoxy) is 1. The summed E-state index contributed by atoms with van der Waals surface area (Å²) in [7, 11) is -3.38. The van der Waals surface area contributed by atoms with E-state index in [1.807, 2.05) is 13.8 Å². The number of ketones is 1. The van der Waals surface area contributed by atoms with Crippen molar-refractivity contribution in [1.82, 2.24) is 0 Å². The van der Waals surface area contributed by atoms with Gasteiger partial charge in [0.1, 0.15) is 11.4 Å². The predicted molar refractivity (Wildman–Crippen MR) is 103 cm³/mol. The number of nitrogens with one attached hydrogen (secondary N) is 2. The molecule has 0 fully saturated rings. The second-order valence-corrected chi connectivity index (χ2v) is 8.83. The van der Waals surface area contributed by atoms with Gasteiger partial charge in [0.25, 0.3) is 5.91 Å². The number of Topliss-reactive ketones (excluding diaryl/α,β-unsaturated/α-hetero) is 1. The van der Waals surface area contributed by atoms with E-state index >= 15 is 0 Å². The first-order chi connectivity index (χ1) is 12.5. The summed E-state index contributed by atoms with van der Waals surface area (Å²) in [5.41, 5.74) is 1.11. The first-order valence-corrected chi connectivity index (χ1v) is 10.2. The van der Waals surface area contributed by atoms with Crippen LogP contribution in [0.3, 0.4) is 0 Å². The van der Waals surface area contributed by atoms with Crippen LogP contribution in [0.2, 0.25) is 0 Å². The van der Waals surface area contributed by atoms with E-state index in [1.54, 1.807) is 18.2 Å². The lowest BCUT2D eigenvalue weighted by Crippen LogP contribution is -2.35. The van der Waals surface area contributed by atoms with Crippen molar-refractivity contribution in [3.05, 3.63) is 53.6 Å². The van der Waals surface area contributed by atoms with Crippen LogP contribution in [-0.4, -0.2) is 32.0 Å². The summed E-state index contributed by atoms with van der Waals surface area (Å²) in [6.07, 6.45) is 1.32. The average molecular weight is 388 g/mol. The van der Waals surface area contributed by atoms with Crippen molar-refractivity contribution in [2.45, 2.75) is 25.9 Å². The molecule has 7 nitrogen and oxygen atoms in total. The van der Waals surface area contributed by atoms with Gasteiger partial charge in [0.15, 0.2) is 5.78 Å². The molecule has 2 aromatic rings. The van der Waals surface area contributed by atoms with Crippen LogP contribution in [0.4, 0.5) is 11.4 Å². The minimum atomic E-state index is -3.38. The maximum absolute atomic E-state index is 12.4. The highest BCUT2D eigenvalue weighted by Gasteiger charge is 2.32. The van der Waals surface area contributed by atoms with Crippen molar-refractivity contribution in [2.24, 2.45) is 0 Å². The number of anilines is 2. The van der Waals surface area contributed by atoms with Gasteiger partial charge in [-0.3, -0.25) is 14.3 Å². The number of sulfonamides is 1. The van der Waals surface area contributed by atoms with Gasteiger partial charge >= 0.3 is 0 Å². The number of hydrogen-bond acceptors (Lipinski definition) is 5. The molecule has 0 aliphatic carbocycles. The summed E-state index contributed by atoms with van der Waals surface area (Å²) in [5.74, 6) is 0.101. The second kappa shape index (κ2) is 6.70. The Hall–Kier alpha value is -2.87. The van der Waals surface area contributed by atoms with Crippen LogP contribution in [0.1, 0.15) is 41.0 Å². The molecule has 27 heavy (non-hydrogen) atoms. The zero-order valence-electron chi connectivity index (χ0n) is 15.2. The number of hydrogen-bond donors (Lipinski definition) is 2. The predicted octanol–water partition coefficient (Wildman–Crippen LogP) is 3.05. The van der Waals surface area contributed by atoms with Crippen molar-refractivity contribution in [2.75, 3.05) is 16.3 Å². The Kier molecular flexibility index (Phi) is 4.69. The van der Waals surface area contributed by atoms with Crippen molar-refractivity contribution in [3.8, 4) is 5.75 Å². The molecule has 0 bridgehead atoms. The molecule has 1 aliphatic rings. The largest absolute Gasteiger partial charge is 0.487 e. The lowest BCUT2D eigenvalue weighted by Gasteiger charge is -2.31. The van der Waals surface area contributed by atoms with E-state index in [4.69, 9.17) is 4.74 Å². The molecule has 3 rings (SSSR count). The molecule has 1 aliphatic heterocycles. The van der Waals surface area contributed by atoms with Gasteiger partial charge in [0, 0.05) is 16.9 Å². The monoisotopic (exact) mass is 388 g/mol. The van der Waals surface area contributed by atoms with Gasteiger partial charge < -0.3 is 10.1 Å². The number of rotatable bonds is 4. The number of carbonyl (C=O) groups is 2. The number of carbonyl (C=O) groups excluding carboxylic acids is 2. The van der Waals surface area contributed by atoms with Gasteiger partial charge in [-0.05, 0) is 56.3 Å². The fourth-order valence-corrected chi connectivity index (χ4v) is 3.40. The third-order valence-electron chi connectivity index (χ3n) is 3.96. The molecule has 142 valence electrons. The zero-order valence-corrected chi connectivity index (χ0v) is 16.0. The first-order valence-electron chi connectivity index (χ1n) is 8.28. The fraction of sp³-hybridized carbons (Fsp3) is 0.263. The van der Waals surface area contributed by atoms with Crippen molar-refractivity contribution < 1.29 is 22.7 Å². The van der Waals surface area contributed by atoms with Crippen LogP contribution in [0.5, 0.6) is 5.75 Å². The third-order valence-corrected chi connectivity index (χ3v) is 4.57. The van der Waals surface area contributed by atoms with E-state index in [0.717, 1.165) is 6.26 Å². The van der Waals surface area contributed by atoms with Crippen LogP contribution in [0.15, 0.2) is 42.5 Å². The van der Waals surface area contributed by atoms with E-state index in [0.29, 0.717) is 28.3 Å². The molecule has 1 amide bonds. The molecule has 0 saturated heterocycles. The van der Waals surface area contributed by atoms with Gasteiger partial charge in [0.2, 0.25) is 10.0 Å². The third kappa shape index (κ3) is 4.65. The Morgan fingerprint density at radius 3 is 2.33 bits per heavy atom. The molecule has 0 aromatic heterocycles. The van der Waals surface area contributed by atoms with E-state index in [2.05, 4.69) is 10.0 Å². The van der Waals surface area contributed by atoms with Gasteiger partial charge in [-0.2, -0.15) is 0 Å². The van der Waals surface area contributed by atoms with Crippen molar-refractivity contribution >= 4 is 33.1 Å². The molecule has 0 radical (unpaired) electrons. The van der Waals surface area contributed by atoms with Crippen LogP contribution in [-0.2, 0) is 10.0 Å². The fourth-order valence-electron chi connectivity index (χ4n) is 2.84. The Morgan fingerprint density at radius 2 is 1.70 bits per heavy atom. The summed E-state index contributed by atoms with van der Waals surface area (Å²) in [6, 6.07) is 11.0.